The predicted molar refractivity (Wildman–Crippen MR) is 73.3 cm³/mol. The van der Waals surface area contributed by atoms with Crippen LogP contribution in [0.25, 0.3) is 6.08 Å². The highest BCUT2D eigenvalue weighted by molar-refractivity contribution is 9.10. The number of benzene rings is 1. The van der Waals surface area contributed by atoms with E-state index in [0.717, 1.165) is 0 Å². The van der Waals surface area contributed by atoms with Gasteiger partial charge in [0.15, 0.2) is 0 Å². The molecule has 0 saturated carbocycles. The van der Waals surface area contributed by atoms with Crippen molar-refractivity contribution in [3.8, 4) is 0 Å². The molecule has 0 aromatic heterocycles. The second kappa shape index (κ2) is 4.34. The van der Waals surface area contributed by atoms with Crippen LogP contribution in [0.2, 0.25) is 0 Å². The minimum atomic E-state index is 0.553. The standard InChI is InChI=1S/C13H15BrS/c1-8(2)15-13-9(3)7-11-10(13)5-4-6-12(11)14/h4-8,13H,1-3H3. The van der Waals surface area contributed by atoms with Crippen molar-refractivity contribution in [2.45, 2.75) is 31.3 Å². The summed E-state index contributed by atoms with van der Waals surface area (Å²) in [5.41, 5.74) is 4.30. The zero-order chi connectivity index (χ0) is 11.0. The maximum Gasteiger partial charge on any atom is 0.0516 e. The van der Waals surface area contributed by atoms with Gasteiger partial charge in [0.2, 0.25) is 0 Å². The van der Waals surface area contributed by atoms with Crippen LogP contribution in [0.15, 0.2) is 28.2 Å². The van der Waals surface area contributed by atoms with Gasteiger partial charge in [0.05, 0.1) is 5.25 Å². The number of hydrogen-bond donors (Lipinski definition) is 0. The molecule has 0 radical (unpaired) electrons. The molecule has 0 fully saturated rings. The minimum absolute atomic E-state index is 0.553. The molecular weight excluding hydrogens is 268 g/mol. The Morgan fingerprint density at radius 1 is 1.33 bits per heavy atom. The Labute approximate surface area is 104 Å². The van der Waals surface area contributed by atoms with Gasteiger partial charge in [-0.2, -0.15) is 0 Å². The molecule has 1 unspecified atom stereocenters. The summed E-state index contributed by atoms with van der Waals surface area (Å²) in [4.78, 5) is 0. The van der Waals surface area contributed by atoms with Crippen molar-refractivity contribution in [2.75, 3.05) is 0 Å². The quantitative estimate of drug-likeness (QED) is 0.732. The highest BCUT2D eigenvalue weighted by Gasteiger charge is 2.24. The van der Waals surface area contributed by atoms with E-state index in [-0.39, 0.29) is 0 Å². The monoisotopic (exact) mass is 282 g/mol. The topological polar surface area (TPSA) is 0 Å². The summed E-state index contributed by atoms with van der Waals surface area (Å²) in [6.07, 6.45) is 2.31. The van der Waals surface area contributed by atoms with Crippen molar-refractivity contribution >= 4 is 33.8 Å². The zero-order valence-corrected chi connectivity index (χ0v) is 11.7. The van der Waals surface area contributed by atoms with Crippen LogP contribution in [0.4, 0.5) is 0 Å². The van der Waals surface area contributed by atoms with Crippen LogP contribution in [-0.4, -0.2) is 5.25 Å². The Hall–Kier alpha value is -0.210. The molecule has 1 atom stereocenters. The maximum atomic E-state index is 3.61. The minimum Gasteiger partial charge on any atom is -0.146 e. The second-order valence-electron chi connectivity index (χ2n) is 4.20. The second-order valence-corrected chi connectivity index (χ2v) is 6.74. The fourth-order valence-corrected chi connectivity index (χ4v) is 3.61. The van der Waals surface area contributed by atoms with Crippen LogP contribution in [-0.2, 0) is 0 Å². The molecule has 1 aliphatic carbocycles. The highest BCUT2D eigenvalue weighted by atomic mass is 79.9. The van der Waals surface area contributed by atoms with Gasteiger partial charge >= 0.3 is 0 Å². The molecule has 0 spiro atoms. The first-order chi connectivity index (χ1) is 7.09. The zero-order valence-electron chi connectivity index (χ0n) is 9.25. The molecule has 1 aromatic carbocycles. The fourth-order valence-electron chi connectivity index (χ4n) is 1.94. The average Bonchev–Trinajstić information content (AvgIpc) is 2.45. The van der Waals surface area contributed by atoms with Crippen molar-refractivity contribution in [2.24, 2.45) is 0 Å². The Balaban J connectivity index is 2.39. The van der Waals surface area contributed by atoms with Crippen LogP contribution in [0.5, 0.6) is 0 Å². The molecule has 1 aliphatic rings. The summed E-state index contributed by atoms with van der Waals surface area (Å²) in [5.74, 6) is 0. The van der Waals surface area contributed by atoms with E-state index in [1.165, 1.54) is 21.2 Å². The SMILES string of the molecule is CC1=Cc2c(Br)cccc2C1SC(C)C. The van der Waals surface area contributed by atoms with Gasteiger partial charge in [0.1, 0.15) is 0 Å². The van der Waals surface area contributed by atoms with Crippen LogP contribution in [0, 0.1) is 0 Å². The summed E-state index contributed by atoms with van der Waals surface area (Å²) in [6, 6.07) is 6.49. The lowest BCUT2D eigenvalue weighted by Gasteiger charge is -2.16. The van der Waals surface area contributed by atoms with Gasteiger partial charge in [-0.05, 0) is 29.4 Å². The Morgan fingerprint density at radius 2 is 2.07 bits per heavy atom. The van der Waals surface area contributed by atoms with E-state index in [4.69, 9.17) is 0 Å². The lowest BCUT2D eigenvalue weighted by molar-refractivity contribution is 1.07. The number of halogens is 1. The summed E-state index contributed by atoms with van der Waals surface area (Å²) in [7, 11) is 0. The first kappa shape index (κ1) is 11.3. The lowest BCUT2D eigenvalue weighted by atomic mass is 10.1. The number of rotatable bonds is 2. The van der Waals surface area contributed by atoms with E-state index >= 15 is 0 Å². The summed E-state index contributed by atoms with van der Waals surface area (Å²) in [6.45, 7) is 6.74. The molecule has 0 nitrogen and oxygen atoms in total. The number of fused-ring (bicyclic) bond motifs is 1. The van der Waals surface area contributed by atoms with Gasteiger partial charge in [-0.15, -0.1) is 11.8 Å². The first-order valence-electron chi connectivity index (χ1n) is 5.21. The van der Waals surface area contributed by atoms with Gasteiger partial charge in [-0.3, -0.25) is 0 Å². The summed E-state index contributed by atoms with van der Waals surface area (Å²) < 4.78 is 1.21. The van der Waals surface area contributed by atoms with Gasteiger partial charge in [0.25, 0.3) is 0 Å². The normalized spacial score (nSPS) is 19.3. The molecule has 0 bridgehead atoms. The van der Waals surface area contributed by atoms with Gasteiger partial charge < -0.3 is 0 Å². The molecule has 0 saturated heterocycles. The third kappa shape index (κ3) is 2.16. The van der Waals surface area contributed by atoms with E-state index in [1.807, 2.05) is 11.8 Å². The average molecular weight is 283 g/mol. The van der Waals surface area contributed by atoms with Crippen LogP contribution < -0.4 is 0 Å². The largest absolute Gasteiger partial charge is 0.146 e. The first-order valence-corrected chi connectivity index (χ1v) is 6.95. The molecule has 15 heavy (non-hydrogen) atoms. The molecule has 2 heteroatoms. The van der Waals surface area contributed by atoms with E-state index < -0.39 is 0 Å². The molecule has 0 N–H and O–H groups in total. The predicted octanol–water partition coefficient (Wildman–Crippen LogP) is 5.05. The highest BCUT2D eigenvalue weighted by Crippen LogP contribution is 2.46. The fraction of sp³-hybridized carbons (Fsp3) is 0.385. The maximum absolute atomic E-state index is 3.61. The number of thioether (sulfide) groups is 1. The van der Waals surface area contributed by atoms with Crippen molar-refractivity contribution in [1.82, 2.24) is 0 Å². The Morgan fingerprint density at radius 3 is 2.73 bits per heavy atom. The summed E-state index contributed by atoms with van der Waals surface area (Å²) in [5, 5.41) is 1.22. The van der Waals surface area contributed by atoms with E-state index in [0.29, 0.717) is 10.5 Å². The van der Waals surface area contributed by atoms with Crippen LogP contribution in [0.3, 0.4) is 0 Å². The third-order valence-corrected chi connectivity index (χ3v) is 4.70. The lowest BCUT2D eigenvalue weighted by Crippen LogP contribution is -1.97. The van der Waals surface area contributed by atoms with Crippen LogP contribution >= 0.6 is 27.7 Å². The van der Waals surface area contributed by atoms with Crippen molar-refractivity contribution in [3.63, 3.8) is 0 Å². The van der Waals surface area contributed by atoms with E-state index in [9.17, 15) is 0 Å². The third-order valence-electron chi connectivity index (χ3n) is 2.56. The molecule has 0 heterocycles. The molecular formula is C13H15BrS. The number of hydrogen-bond acceptors (Lipinski definition) is 1. The molecule has 2 rings (SSSR count). The molecule has 1 aromatic rings. The van der Waals surface area contributed by atoms with Crippen molar-refractivity contribution < 1.29 is 0 Å². The van der Waals surface area contributed by atoms with E-state index in [1.54, 1.807) is 0 Å². The van der Waals surface area contributed by atoms with Gasteiger partial charge in [0, 0.05) is 4.47 Å². The molecule has 0 aliphatic heterocycles. The Bertz CT molecular complexity index is 407. The van der Waals surface area contributed by atoms with Crippen molar-refractivity contribution in [3.05, 3.63) is 39.4 Å². The van der Waals surface area contributed by atoms with E-state index in [2.05, 4.69) is 61.0 Å². The summed E-state index contributed by atoms with van der Waals surface area (Å²) >= 11 is 5.65. The van der Waals surface area contributed by atoms with Gasteiger partial charge in [-0.1, -0.05) is 53.6 Å². The van der Waals surface area contributed by atoms with Gasteiger partial charge in [-0.25, -0.2) is 0 Å². The molecule has 0 amide bonds. The van der Waals surface area contributed by atoms with Crippen LogP contribution in [0.1, 0.15) is 37.1 Å². The molecule has 80 valence electrons. The Kier molecular flexibility index (Phi) is 3.27. The smallest absolute Gasteiger partial charge is 0.0516 e. The van der Waals surface area contributed by atoms with Crippen molar-refractivity contribution in [1.29, 1.82) is 0 Å².